The first kappa shape index (κ1) is 15.9. The van der Waals surface area contributed by atoms with Gasteiger partial charge in [0, 0.05) is 28.8 Å². The first-order valence-electron chi connectivity index (χ1n) is 8.64. The highest BCUT2D eigenvalue weighted by Crippen LogP contribution is 2.49. The van der Waals surface area contributed by atoms with Crippen LogP contribution in [-0.2, 0) is 0 Å². The summed E-state index contributed by atoms with van der Waals surface area (Å²) in [5, 5.41) is 3.69. The molecule has 1 aromatic rings. The second kappa shape index (κ2) is 6.69. The van der Waals surface area contributed by atoms with Gasteiger partial charge in [-0.1, -0.05) is 18.2 Å². The fourth-order valence-electron chi connectivity index (χ4n) is 3.60. The smallest absolute Gasteiger partial charge is 0.129 e. The average Bonchev–Trinajstić information content (AvgIpc) is 2.97. The molecule has 3 nitrogen and oxygen atoms in total. The predicted octanol–water partition coefficient (Wildman–Crippen LogP) is 3.90. The van der Waals surface area contributed by atoms with Crippen LogP contribution in [0, 0.1) is 5.92 Å². The standard InChI is InChI=1S/C20H24N2OS/c1-22(2)11-6-12-23-17-9-5-10-18-19(17)20-15(13-24-18)14-7-3-4-8-16(14)21-20/h3-5,8-10,14,21H,6-7,11-13H2,1-2H3. The van der Waals surface area contributed by atoms with E-state index in [-0.39, 0.29) is 0 Å². The third-order valence-electron chi connectivity index (χ3n) is 4.80. The van der Waals surface area contributed by atoms with Crippen LogP contribution in [-0.4, -0.2) is 37.9 Å². The minimum absolute atomic E-state index is 0.535. The van der Waals surface area contributed by atoms with E-state index in [2.05, 4.69) is 60.7 Å². The number of hydrogen-bond acceptors (Lipinski definition) is 4. The lowest BCUT2D eigenvalue weighted by atomic mass is 9.91. The molecule has 1 aromatic carbocycles. The zero-order valence-electron chi connectivity index (χ0n) is 14.3. The SMILES string of the molecule is CN(C)CCCOc1cccc2c1C1=C(CS2)C2CC=CC=C2N1. The van der Waals surface area contributed by atoms with Crippen LogP contribution in [0.1, 0.15) is 18.4 Å². The maximum absolute atomic E-state index is 6.17. The van der Waals surface area contributed by atoms with Crippen LogP contribution in [0.4, 0.5) is 0 Å². The van der Waals surface area contributed by atoms with Crippen molar-refractivity contribution in [2.24, 2.45) is 5.92 Å². The Kier molecular flexibility index (Phi) is 4.42. The molecule has 2 aliphatic heterocycles. The van der Waals surface area contributed by atoms with Crippen molar-refractivity contribution in [3.05, 3.63) is 53.3 Å². The Morgan fingerprint density at radius 2 is 2.25 bits per heavy atom. The summed E-state index contributed by atoms with van der Waals surface area (Å²) in [6.07, 6.45) is 8.81. The van der Waals surface area contributed by atoms with Crippen LogP contribution in [0.5, 0.6) is 5.75 Å². The van der Waals surface area contributed by atoms with E-state index in [9.17, 15) is 0 Å². The molecule has 0 saturated heterocycles. The Morgan fingerprint density at radius 3 is 3.12 bits per heavy atom. The lowest BCUT2D eigenvalue weighted by molar-refractivity contribution is 0.280. The van der Waals surface area contributed by atoms with Crippen molar-refractivity contribution in [1.29, 1.82) is 0 Å². The molecule has 126 valence electrons. The Hall–Kier alpha value is -1.65. The molecule has 0 bridgehead atoms. The lowest BCUT2D eigenvalue weighted by Crippen LogP contribution is -2.16. The van der Waals surface area contributed by atoms with E-state index in [0.29, 0.717) is 5.92 Å². The summed E-state index contributed by atoms with van der Waals surface area (Å²) in [6, 6.07) is 6.44. The maximum Gasteiger partial charge on any atom is 0.129 e. The maximum atomic E-state index is 6.17. The molecule has 0 fully saturated rings. The third-order valence-corrected chi connectivity index (χ3v) is 5.91. The Bertz CT molecular complexity index is 733. The minimum atomic E-state index is 0.535. The van der Waals surface area contributed by atoms with Gasteiger partial charge >= 0.3 is 0 Å². The van der Waals surface area contributed by atoms with E-state index in [4.69, 9.17) is 4.74 Å². The first-order chi connectivity index (χ1) is 11.7. The van der Waals surface area contributed by atoms with Crippen LogP contribution < -0.4 is 10.1 Å². The second-order valence-electron chi connectivity index (χ2n) is 6.79. The largest absolute Gasteiger partial charge is 0.493 e. The number of allylic oxidation sites excluding steroid dienone is 4. The zero-order chi connectivity index (χ0) is 16.5. The van der Waals surface area contributed by atoms with Crippen molar-refractivity contribution in [3.63, 3.8) is 0 Å². The van der Waals surface area contributed by atoms with E-state index in [1.165, 1.54) is 27.4 Å². The number of benzene rings is 1. The van der Waals surface area contributed by atoms with Gasteiger partial charge in [-0.3, -0.25) is 0 Å². The normalized spacial score (nSPS) is 21.1. The van der Waals surface area contributed by atoms with Gasteiger partial charge in [0.05, 0.1) is 17.9 Å². The van der Waals surface area contributed by atoms with E-state index in [1.54, 1.807) is 0 Å². The zero-order valence-corrected chi connectivity index (χ0v) is 15.2. The first-order valence-corrected chi connectivity index (χ1v) is 9.63. The van der Waals surface area contributed by atoms with Crippen LogP contribution in [0.3, 0.4) is 0 Å². The number of nitrogens with one attached hydrogen (secondary N) is 1. The number of hydrogen-bond donors (Lipinski definition) is 1. The van der Waals surface area contributed by atoms with Crippen molar-refractivity contribution in [2.75, 3.05) is 33.0 Å². The quantitative estimate of drug-likeness (QED) is 0.822. The molecule has 1 N–H and O–H groups in total. The molecule has 0 amide bonds. The van der Waals surface area contributed by atoms with Gasteiger partial charge in [-0.15, -0.1) is 11.8 Å². The lowest BCUT2D eigenvalue weighted by Gasteiger charge is -2.22. The van der Waals surface area contributed by atoms with Crippen molar-refractivity contribution in [3.8, 4) is 5.75 Å². The number of rotatable bonds is 5. The van der Waals surface area contributed by atoms with E-state index >= 15 is 0 Å². The Morgan fingerprint density at radius 1 is 1.33 bits per heavy atom. The van der Waals surface area contributed by atoms with Crippen molar-refractivity contribution in [2.45, 2.75) is 17.7 Å². The van der Waals surface area contributed by atoms with E-state index < -0.39 is 0 Å². The van der Waals surface area contributed by atoms with Crippen LogP contribution in [0.15, 0.2) is 52.6 Å². The van der Waals surface area contributed by atoms with Gasteiger partial charge in [-0.05, 0) is 50.7 Å². The molecule has 24 heavy (non-hydrogen) atoms. The Balaban J connectivity index is 1.60. The van der Waals surface area contributed by atoms with Crippen LogP contribution >= 0.6 is 11.8 Å². The van der Waals surface area contributed by atoms with Crippen molar-refractivity contribution >= 4 is 17.5 Å². The fraction of sp³-hybridized carbons (Fsp3) is 0.400. The summed E-state index contributed by atoms with van der Waals surface area (Å²) in [6.45, 7) is 1.81. The van der Waals surface area contributed by atoms with Gasteiger partial charge in [0.25, 0.3) is 0 Å². The summed E-state index contributed by atoms with van der Waals surface area (Å²) >= 11 is 1.94. The molecule has 4 rings (SSSR count). The summed E-state index contributed by atoms with van der Waals surface area (Å²) in [5.41, 5.74) is 5.45. The molecular weight excluding hydrogens is 316 g/mol. The summed E-state index contributed by atoms with van der Waals surface area (Å²) < 4.78 is 6.17. The topological polar surface area (TPSA) is 24.5 Å². The van der Waals surface area contributed by atoms with Gasteiger partial charge in [0.15, 0.2) is 0 Å². The van der Waals surface area contributed by atoms with Crippen molar-refractivity contribution in [1.82, 2.24) is 10.2 Å². The van der Waals surface area contributed by atoms with Gasteiger partial charge in [0.1, 0.15) is 5.75 Å². The fourth-order valence-corrected chi connectivity index (χ4v) is 4.78. The number of nitrogens with zero attached hydrogens (tertiary/aromatic N) is 1. The number of fused-ring (bicyclic) bond motifs is 4. The number of thioether (sulfide) groups is 1. The van der Waals surface area contributed by atoms with E-state index in [0.717, 1.165) is 37.5 Å². The van der Waals surface area contributed by atoms with Gasteiger partial charge < -0.3 is 15.0 Å². The highest BCUT2D eigenvalue weighted by atomic mass is 32.2. The molecule has 0 saturated carbocycles. The summed E-state index contributed by atoms with van der Waals surface area (Å²) in [4.78, 5) is 3.53. The molecule has 0 spiro atoms. The molecule has 2 heterocycles. The van der Waals surface area contributed by atoms with Gasteiger partial charge in [-0.2, -0.15) is 0 Å². The molecule has 3 aliphatic rings. The van der Waals surface area contributed by atoms with E-state index in [1.807, 2.05) is 11.8 Å². The van der Waals surface area contributed by atoms with Crippen LogP contribution in [0.25, 0.3) is 5.70 Å². The monoisotopic (exact) mass is 340 g/mol. The molecular formula is C20H24N2OS. The summed E-state index contributed by atoms with van der Waals surface area (Å²) in [7, 11) is 4.20. The molecule has 0 aromatic heterocycles. The second-order valence-corrected chi connectivity index (χ2v) is 7.80. The highest BCUT2D eigenvalue weighted by molar-refractivity contribution is 7.99. The molecule has 1 unspecified atom stereocenters. The average molecular weight is 340 g/mol. The third kappa shape index (κ3) is 2.89. The van der Waals surface area contributed by atoms with Crippen molar-refractivity contribution < 1.29 is 4.74 Å². The summed E-state index contributed by atoms with van der Waals surface area (Å²) in [5.74, 6) is 2.63. The highest BCUT2D eigenvalue weighted by Gasteiger charge is 2.35. The van der Waals surface area contributed by atoms with Gasteiger partial charge in [-0.25, -0.2) is 0 Å². The van der Waals surface area contributed by atoms with Gasteiger partial charge in [0.2, 0.25) is 0 Å². The predicted molar refractivity (Wildman–Crippen MR) is 101 cm³/mol. The minimum Gasteiger partial charge on any atom is -0.493 e. The Labute approximate surface area is 148 Å². The van der Waals surface area contributed by atoms with Crippen LogP contribution in [0.2, 0.25) is 0 Å². The molecule has 0 radical (unpaired) electrons. The molecule has 1 atom stereocenters. The number of ether oxygens (including phenoxy) is 1. The molecule has 1 aliphatic carbocycles. The molecule has 4 heteroatoms.